The standard InChI is InChI=1S/C24H30ClN6OP/c1-17-15-18(9-10-21(17)31-13-11-30(2)12-14-31)27-24-26-16-19(25)23(29-24)28-20-7-5-6-8-22(20)33(3,4)32/h5-10,15-16H,11-14H2,1-4H3,(H2,26,27,28,29). The Labute approximate surface area is 200 Å². The van der Waals surface area contributed by atoms with Crippen LogP contribution in [0.4, 0.5) is 28.8 Å². The van der Waals surface area contributed by atoms with Crippen LogP contribution in [0.2, 0.25) is 5.02 Å². The first-order valence-electron chi connectivity index (χ1n) is 11.0. The minimum atomic E-state index is -2.47. The van der Waals surface area contributed by atoms with E-state index in [0.29, 0.717) is 16.8 Å². The van der Waals surface area contributed by atoms with Crippen LogP contribution in [0, 0.1) is 6.92 Å². The first kappa shape index (κ1) is 23.6. The number of hydrogen-bond donors (Lipinski definition) is 2. The Hall–Kier alpha value is -2.60. The molecule has 0 amide bonds. The molecule has 0 saturated carbocycles. The lowest BCUT2D eigenvalue weighted by Crippen LogP contribution is -2.44. The summed E-state index contributed by atoms with van der Waals surface area (Å²) in [5.41, 5.74) is 4.09. The van der Waals surface area contributed by atoms with Crippen LogP contribution in [0.25, 0.3) is 0 Å². The van der Waals surface area contributed by atoms with E-state index in [-0.39, 0.29) is 0 Å². The molecule has 2 N–H and O–H groups in total. The summed E-state index contributed by atoms with van der Waals surface area (Å²) in [6, 6.07) is 13.8. The van der Waals surface area contributed by atoms with Crippen molar-refractivity contribution in [3.8, 4) is 0 Å². The first-order chi connectivity index (χ1) is 15.7. The van der Waals surface area contributed by atoms with E-state index < -0.39 is 7.14 Å². The Morgan fingerprint density at radius 3 is 2.45 bits per heavy atom. The van der Waals surface area contributed by atoms with Crippen molar-refractivity contribution in [3.63, 3.8) is 0 Å². The number of anilines is 5. The van der Waals surface area contributed by atoms with Crippen molar-refractivity contribution in [1.82, 2.24) is 14.9 Å². The maximum Gasteiger partial charge on any atom is 0.229 e. The Morgan fingerprint density at radius 1 is 1.03 bits per heavy atom. The fourth-order valence-electron chi connectivity index (χ4n) is 3.96. The molecule has 0 aliphatic carbocycles. The van der Waals surface area contributed by atoms with Crippen LogP contribution in [0.15, 0.2) is 48.7 Å². The minimum absolute atomic E-state index is 0.388. The van der Waals surface area contributed by atoms with Gasteiger partial charge in [0.2, 0.25) is 5.95 Å². The predicted molar refractivity (Wildman–Crippen MR) is 140 cm³/mol. The van der Waals surface area contributed by atoms with Crippen LogP contribution < -0.4 is 20.8 Å². The highest BCUT2D eigenvalue weighted by atomic mass is 35.5. The fourth-order valence-corrected chi connectivity index (χ4v) is 5.25. The molecular weight excluding hydrogens is 455 g/mol. The minimum Gasteiger partial charge on any atom is -0.369 e. The van der Waals surface area contributed by atoms with Gasteiger partial charge >= 0.3 is 0 Å². The van der Waals surface area contributed by atoms with Gasteiger partial charge in [-0.25, -0.2) is 4.98 Å². The molecule has 2 heterocycles. The Kier molecular flexibility index (Phi) is 6.94. The quantitative estimate of drug-likeness (QED) is 0.481. The van der Waals surface area contributed by atoms with E-state index in [1.165, 1.54) is 11.3 Å². The number of hydrogen-bond acceptors (Lipinski definition) is 7. The van der Waals surface area contributed by atoms with E-state index in [1.54, 1.807) is 19.5 Å². The lowest BCUT2D eigenvalue weighted by atomic mass is 10.1. The molecule has 0 radical (unpaired) electrons. The normalized spacial score (nSPS) is 14.9. The third-order valence-corrected chi connectivity index (χ3v) is 7.61. The SMILES string of the molecule is Cc1cc(Nc2ncc(Cl)c(Nc3ccccc3P(C)(C)=O)n2)ccc1N1CCN(C)CC1. The van der Waals surface area contributed by atoms with Gasteiger partial charge in [-0.3, -0.25) is 0 Å². The van der Waals surface area contributed by atoms with Crippen LogP contribution in [0.3, 0.4) is 0 Å². The van der Waals surface area contributed by atoms with Crippen LogP contribution in [-0.2, 0) is 4.57 Å². The van der Waals surface area contributed by atoms with Gasteiger partial charge in [-0.2, -0.15) is 4.98 Å². The second-order valence-corrected chi connectivity index (χ2v) is 12.4. The summed E-state index contributed by atoms with van der Waals surface area (Å²) in [7, 11) is -0.310. The maximum absolute atomic E-state index is 12.7. The van der Waals surface area contributed by atoms with E-state index in [0.717, 1.165) is 42.9 Å². The Balaban J connectivity index is 1.53. The molecule has 4 rings (SSSR count). The van der Waals surface area contributed by atoms with Gasteiger partial charge in [-0.15, -0.1) is 0 Å². The number of rotatable bonds is 6. The van der Waals surface area contributed by atoms with E-state index in [2.05, 4.69) is 56.5 Å². The zero-order valence-corrected chi connectivity index (χ0v) is 21.1. The molecule has 0 bridgehead atoms. The highest BCUT2D eigenvalue weighted by Crippen LogP contribution is 2.38. The van der Waals surface area contributed by atoms with E-state index in [1.807, 2.05) is 30.3 Å². The molecule has 1 aliphatic heterocycles. The van der Waals surface area contributed by atoms with Gasteiger partial charge in [0.15, 0.2) is 5.82 Å². The molecule has 7 nitrogen and oxygen atoms in total. The third kappa shape index (κ3) is 5.67. The predicted octanol–water partition coefficient (Wildman–Crippen LogP) is 4.93. The van der Waals surface area contributed by atoms with Crippen molar-refractivity contribution in [2.24, 2.45) is 0 Å². The average Bonchev–Trinajstić information content (AvgIpc) is 2.77. The summed E-state index contributed by atoms with van der Waals surface area (Å²) in [6.07, 6.45) is 1.56. The summed E-state index contributed by atoms with van der Waals surface area (Å²) in [6.45, 7) is 9.82. The first-order valence-corrected chi connectivity index (χ1v) is 13.9. The van der Waals surface area contributed by atoms with Crippen LogP contribution in [-0.4, -0.2) is 61.4 Å². The molecular formula is C24H30ClN6OP. The molecule has 0 unspecified atom stereocenters. The molecule has 1 aliphatic rings. The lowest BCUT2D eigenvalue weighted by molar-refractivity contribution is 0.312. The Bertz CT molecular complexity index is 1190. The van der Waals surface area contributed by atoms with Crippen molar-refractivity contribution in [1.29, 1.82) is 0 Å². The van der Waals surface area contributed by atoms with Crippen molar-refractivity contribution in [2.45, 2.75) is 6.92 Å². The molecule has 33 heavy (non-hydrogen) atoms. The number of benzene rings is 2. The fraction of sp³-hybridized carbons (Fsp3) is 0.333. The van der Waals surface area contributed by atoms with Gasteiger partial charge in [0.05, 0.1) is 11.9 Å². The zero-order chi connectivity index (χ0) is 23.6. The molecule has 0 spiro atoms. The zero-order valence-electron chi connectivity index (χ0n) is 19.5. The van der Waals surface area contributed by atoms with Crippen molar-refractivity contribution < 1.29 is 4.57 Å². The second-order valence-electron chi connectivity index (χ2n) is 8.80. The third-order valence-electron chi connectivity index (χ3n) is 5.78. The van der Waals surface area contributed by atoms with E-state index in [9.17, 15) is 4.57 Å². The summed E-state index contributed by atoms with van der Waals surface area (Å²) in [5.74, 6) is 0.892. The monoisotopic (exact) mass is 484 g/mol. The molecule has 1 aromatic heterocycles. The van der Waals surface area contributed by atoms with Gasteiger partial charge in [0, 0.05) is 42.9 Å². The van der Waals surface area contributed by atoms with Crippen molar-refractivity contribution in [3.05, 3.63) is 59.2 Å². The summed E-state index contributed by atoms with van der Waals surface area (Å²) >= 11 is 6.36. The van der Waals surface area contributed by atoms with Gasteiger partial charge in [-0.1, -0.05) is 23.7 Å². The largest absolute Gasteiger partial charge is 0.369 e. The molecule has 1 saturated heterocycles. The summed E-state index contributed by atoms with van der Waals surface area (Å²) in [4.78, 5) is 13.7. The smallest absolute Gasteiger partial charge is 0.229 e. The van der Waals surface area contributed by atoms with Crippen LogP contribution in [0.1, 0.15) is 5.56 Å². The molecule has 0 atom stereocenters. The number of halogens is 1. The Morgan fingerprint density at radius 2 is 1.76 bits per heavy atom. The van der Waals surface area contributed by atoms with Gasteiger partial charge < -0.3 is 25.0 Å². The number of aromatic nitrogens is 2. The number of nitrogens with one attached hydrogen (secondary N) is 2. The maximum atomic E-state index is 12.7. The number of aryl methyl sites for hydroxylation is 1. The van der Waals surface area contributed by atoms with Gasteiger partial charge in [-0.05, 0) is 63.2 Å². The van der Waals surface area contributed by atoms with E-state index in [4.69, 9.17) is 11.6 Å². The topological polar surface area (TPSA) is 73.4 Å². The van der Waals surface area contributed by atoms with Gasteiger partial charge in [0.1, 0.15) is 12.2 Å². The van der Waals surface area contributed by atoms with Crippen LogP contribution >= 0.6 is 18.7 Å². The molecule has 3 aromatic rings. The molecule has 2 aromatic carbocycles. The van der Waals surface area contributed by atoms with Gasteiger partial charge in [0.25, 0.3) is 0 Å². The molecule has 174 valence electrons. The lowest BCUT2D eigenvalue weighted by Gasteiger charge is -2.35. The number of nitrogens with zero attached hydrogens (tertiary/aromatic N) is 4. The van der Waals surface area contributed by atoms with Crippen molar-refractivity contribution in [2.75, 3.05) is 62.1 Å². The van der Waals surface area contributed by atoms with Crippen LogP contribution in [0.5, 0.6) is 0 Å². The molecule has 9 heteroatoms. The summed E-state index contributed by atoms with van der Waals surface area (Å²) < 4.78 is 12.7. The summed E-state index contributed by atoms with van der Waals surface area (Å²) in [5, 5.41) is 7.65. The van der Waals surface area contributed by atoms with Crippen molar-refractivity contribution >= 4 is 52.9 Å². The molecule has 1 fully saturated rings. The number of para-hydroxylation sites is 1. The number of likely N-dealkylation sites (N-methyl/N-ethyl adjacent to an activating group) is 1. The van der Waals surface area contributed by atoms with E-state index >= 15 is 0 Å². The highest BCUT2D eigenvalue weighted by Gasteiger charge is 2.18. The number of piperazine rings is 1. The second kappa shape index (κ2) is 9.72. The highest BCUT2D eigenvalue weighted by molar-refractivity contribution is 7.70. The average molecular weight is 485 g/mol.